The summed E-state index contributed by atoms with van der Waals surface area (Å²) in [5.74, 6) is 0.983. The van der Waals surface area contributed by atoms with Gasteiger partial charge in [-0.3, -0.25) is 4.79 Å². The van der Waals surface area contributed by atoms with Gasteiger partial charge in [0.2, 0.25) is 0 Å². The van der Waals surface area contributed by atoms with Gasteiger partial charge in [0, 0.05) is 5.69 Å². The zero-order valence-corrected chi connectivity index (χ0v) is 15.4. The summed E-state index contributed by atoms with van der Waals surface area (Å²) in [6.45, 7) is 1.92. The Morgan fingerprint density at radius 3 is 2.29 bits per heavy atom. The van der Waals surface area contributed by atoms with Crippen LogP contribution >= 0.6 is 0 Å². The maximum absolute atomic E-state index is 12.8. The van der Waals surface area contributed by atoms with E-state index < -0.39 is 0 Å². The second kappa shape index (κ2) is 7.80. The molecule has 3 aromatic carbocycles. The Labute approximate surface area is 163 Å². The second-order valence-corrected chi connectivity index (χ2v) is 6.28. The van der Waals surface area contributed by atoms with Crippen molar-refractivity contribution < 1.29 is 9.53 Å². The predicted octanol–water partition coefficient (Wildman–Crippen LogP) is 5.23. The van der Waals surface area contributed by atoms with Gasteiger partial charge in [0.25, 0.3) is 5.91 Å². The van der Waals surface area contributed by atoms with E-state index in [-0.39, 0.29) is 5.91 Å². The third kappa shape index (κ3) is 3.78. The molecule has 4 aromatic rings. The van der Waals surface area contributed by atoms with Crippen molar-refractivity contribution in [2.45, 2.75) is 6.92 Å². The van der Waals surface area contributed by atoms with Crippen LogP contribution in [0.15, 0.2) is 91.0 Å². The van der Waals surface area contributed by atoms with Gasteiger partial charge in [0.15, 0.2) is 11.4 Å². The summed E-state index contributed by atoms with van der Waals surface area (Å²) < 4.78 is 7.66. The average molecular weight is 369 g/mol. The highest BCUT2D eigenvalue weighted by atomic mass is 16.5. The maximum atomic E-state index is 12.8. The second-order valence-electron chi connectivity index (χ2n) is 6.28. The quantitative estimate of drug-likeness (QED) is 0.524. The highest BCUT2D eigenvalue weighted by Gasteiger charge is 2.15. The smallest absolute Gasteiger partial charge is 0.276 e. The van der Waals surface area contributed by atoms with Gasteiger partial charge in [-0.2, -0.15) is 5.10 Å². The van der Waals surface area contributed by atoms with E-state index in [1.165, 1.54) is 0 Å². The molecule has 1 amide bonds. The first kappa shape index (κ1) is 17.5. The molecule has 0 fully saturated rings. The monoisotopic (exact) mass is 369 g/mol. The largest absolute Gasteiger partial charge is 0.455 e. The topological polar surface area (TPSA) is 56.1 Å². The molecule has 4 rings (SSSR count). The normalized spacial score (nSPS) is 10.5. The first-order valence-corrected chi connectivity index (χ1v) is 8.96. The first-order chi connectivity index (χ1) is 13.7. The third-order valence-electron chi connectivity index (χ3n) is 4.23. The number of carbonyl (C=O) groups excluding carboxylic acids is 1. The number of para-hydroxylation sites is 4. The molecule has 5 heteroatoms. The minimum atomic E-state index is -0.290. The lowest BCUT2D eigenvalue weighted by Gasteiger charge is -2.11. The van der Waals surface area contributed by atoms with Crippen LogP contribution in [0.5, 0.6) is 11.5 Å². The Bertz CT molecular complexity index is 1090. The lowest BCUT2D eigenvalue weighted by atomic mass is 10.2. The molecule has 0 radical (unpaired) electrons. The number of nitrogens with one attached hydrogen (secondary N) is 1. The van der Waals surface area contributed by atoms with Crippen LogP contribution in [0.4, 0.5) is 5.69 Å². The Morgan fingerprint density at radius 1 is 0.893 bits per heavy atom. The van der Waals surface area contributed by atoms with E-state index in [9.17, 15) is 4.79 Å². The minimum Gasteiger partial charge on any atom is -0.455 e. The fourth-order valence-electron chi connectivity index (χ4n) is 2.88. The van der Waals surface area contributed by atoms with E-state index in [2.05, 4.69) is 10.4 Å². The lowest BCUT2D eigenvalue weighted by Crippen LogP contribution is -2.13. The number of rotatable bonds is 5. The number of ether oxygens (including phenoxy) is 1. The lowest BCUT2D eigenvalue weighted by molar-refractivity contribution is 0.102. The van der Waals surface area contributed by atoms with Gasteiger partial charge in [-0.25, -0.2) is 4.68 Å². The number of carbonyl (C=O) groups is 1. The van der Waals surface area contributed by atoms with Crippen molar-refractivity contribution in [3.8, 4) is 17.2 Å². The molecule has 0 spiro atoms. The number of hydrogen-bond acceptors (Lipinski definition) is 3. The van der Waals surface area contributed by atoms with Gasteiger partial charge in [0.1, 0.15) is 5.75 Å². The maximum Gasteiger partial charge on any atom is 0.276 e. The van der Waals surface area contributed by atoms with Crippen LogP contribution in [-0.2, 0) is 0 Å². The summed E-state index contributed by atoms with van der Waals surface area (Å²) in [6.07, 6.45) is 0. The number of hydrogen-bond donors (Lipinski definition) is 1. The highest BCUT2D eigenvalue weighted by molar-refractivity contribution is 6.03. The molecule has 0 atom stereocenters. The van der Waals surface area contributed by atoms with E-state index in [0.717, 1.165) is 11.4 Å². The first-order valence-electron chi connectivity index (χ1n) is 8.96. The number of aromatic nitrogens is 2. The molecule has 0 bridgehead atoms. The molecule has 0 unspecified atom stereocenters. The summed E-state index contributed by atoms with van der Waals surface area (Å²) in [7, 11) is 0. The van der Waals surface area contributed by atoms with Crippen molar-refractivity contribution in [2.24, 2.45) is 0 Å². The summed E-state index contributed by atoms with van der Waals surface area (Å²) in [5, 5.41) is 7.35. The molecular formula is C23H19N3O2. The molecule has 28 heavy (non-hydrogen) atoms. The zero-order chi connectivity index (χ0) is 19.3. The molecule has 0 saturated heterocycles. The van der Waals surface area contributed by atoms with Crippen LogP contribution in [0.2, 0.25) is 0 Å². The summed E-state index contributed by atoms with van der Waals surface area (Å²) in [6, 6.07) is 28.3. The molecule has 0 aliphatic carbocycles. The van der Waals surface area contributed by atoms with Crippen molar-refractivity contribution in [2.75, 3.05) is 5.32 Å². The molecule has 0 saturated carbocycles. The fourth-order valence-corrected chi connectivity index (χ4v) is 2.88. The molecule has 5 nitrogen and oxygen atoms in total. The zero-order valence-electron chi connectivity index (χ0n) is 15.4. The summed E-state index contributed by atoms with van der Waals surface area (Å²) >= 11 is 0. The fraction of sp³-hybridized carbons (Fsp3) is 0.0435. The third-order valence-corrected chi connectivity index (χ3v) is 4.23. The molecule has 1 N–H and O–H groups in total. The van der Waals surface area contributed by atoms with Gasteiger partial charge in [0.05, 0.1) is 11.4 Å². The molecule has 0 aliphatic rings. The van der Waals surface area contributed by atoms with Crippen LogP contribution in [0.3, 0.4) is 0 Å². The van der Waals surface area contributed by atoms with Crippen molar-refractivity contribution >= 4 is 11.6 Å². The van der Waals surface area contributed by atoms with Crippen LogP contribution in [0, 0.1) is 6.92 Å². The van der Waals surface area contributed by atoms with E-state index in [1.807, 2.05) is 85.8 Å². The number of anilines is 1. The summed E-state index contributed by atoms with van der Waals surface area (Å²) in [4.78, 5) is 12.8. The number of aryl methyl sites for hydroxylation is 1. The van der Waals surface area contributed by atoms with Crippen LogP contribution in [0.25, 0.3) is 5.69 Å². The Balaban J connectivity index is 1.57. The van der Waals surface area contributed by atoms with Crippen molar-refractivity contribution in [1.29, 1.82) is 0 Å². The molecule has 1 aromatic heterocycles. The highest BCUT2D eigenvalue weighted by Crippen LogP contribution is 2.29. The minimum absolute atomic E-state index is 0.290. The van der Waals surface area contributed by atoms with Crippen molar-refractivity contribution in [1.82, 2.24) is 9.78 Å². The Kier molecular flexibility index (Phi) is 4.89. The van der Waals surface area contributed by atoms with Gasteiger partial charge < -0.3 is 10.1 Å². The van der Waals surface area contributed by atoms with E-state index in [0.29, 0.717) is 22.9 Å². The SMILES string of the molecule is Cc1cc(C(=O)Nc2ccccc2Oc2ccccc2)nn1-c1ccccc1. The van der Waals surface area contributed by atoms with E-state index >= 15 is 0 Å². The number of nitrogens with zero attached hydrogens (tertiary/aromatic N) is 2. The Hall–Kier alpha value is -3.86. The average Bonchev–Trinajstić information content (AvgIpc) is 3.13. The van der Waals surface area contributed by atoms with Crippen molar-refractivity contribution in [3.05, 3.63) is 102 Å². The molecule has 1 heterocycles. The van der Waals surface area contributed by atoms with Crippen LogP contribution in [-0.4, -0.2) is 15.7 Å². The van der Waals surface area contributed by atoms with E-state index in [1.54, 1.807) is 16.8 Å². The number of amides is 1. The molecule has 138 valence electrons. The van der Waals surface area contributed by atoms with Crippen LogP contribution < -0.4 is 10.1 Å². The van der Waals surface area contributed by atoms with Gasteiger partial charge >= 0.3 is 0 Å². The van der Waals surface area contributed by atoms with E-state index in [4.69, 9.17) is 4.74 Å². The van der Waals surface area contributed by atoms with Gasteiger partial charge in [-0.1, -0.05) is 48.5 Å². The molecule has 0 aliphatic heterocycles. The Morgan fingerprint density at radius 2 is 1.54 bits per heavy atom. The predicted molar refractivity (Wildman–Crippen MR) is 109 cm³/mol. The van der Waals surface area contributed by atoms with Crippen LogP contribution in [0.1, 0.15) is 16.2 Å². The van der Waals surface area contributed by atoms with Crippen molar-refractivity contribution in [3.63, 3.8) is 0 Å². The standard InChI is InChI=1S/C23H19N3O2/c1-17-16-21(25-26(17)18-10-4-2-5-11-18)23(27)24-20-14-8-9-15-22(20)28-19-12-6-3-7-13-19/h2-16H,1H3,(H,24,27). The number of benzene rings is 3. The van der Waals surface area contributed by atoms with Gasteiger partial charge in [-0.15, -0.1) is 0 Å². The summed E-state index contributed by atoms with van der Waals surface area (Å²) in [5.41, 5.74) is 2.72. The van der Waals surface area contributed by atoms with Gasteiger partial charge in [-0.05, 0) is 49.4 Å². The molecular weight excluding hydrogens is 350 g/mol.